The number of hydrogen-bond donors (Lipinski definition) is 2. The lowest BCUT2D eigenvalue weighted by atomic mass is 9.91. The highest BCUT2D eigenvalue weighted by atomic mass is 16.3. The minimum absolute atomic E-state index is 0.00668. The third kappa shape index (κ3) is 4.16. The number of aliphatic hydroxyl groups is 1. The summed E-state index contributed by atoms with van der Waals surface area (Å²) in [7, 11) is 0. The zero-order chi connectivity index (χ0) is 15.7. The Morgan fingerprint density at radius 1 is 1.24 bits per heavy atom. The molecule has 0 amide bonds. The van der Waals surface area contributed by atoms with Crippen molar-refractivity contribution < 1.29 is 5.11 Å². The molecule has 4 nitrogen and oxygen atoms in total. The van der Waals surface area contributed by atoms with Crippen LogP contribution in [0.4, 0.5) is 5.82 Å². The summed E-state index contributed by atoms with van der Waals surface area (Å²) >= 11 is 0. The molecule has 4 heteroatoms. The number of hydrogen-bond acceptors (Lipinski definition) is 4. The van der Waals surface area contributed by atoms with Crippen LogP contribution < -0.4 is 5.32 Å². The zero-order valence-corrected chi connectivity index (χ0v) is 14.0. The molecule has 0 unspecified atom stereocenters. The van der Waals surface area contributed by atoms with Gasteiger partial charge in [0.25, 0.3) is 0 Å². The van der Waals surface area contributed by atoms with E-state index in [2.05, 4.69) is 49.9 Å². The van der Waals surface area contributed by atoms with E-state index < -0.39 is 5.60 Å². The molecule has 0 bridgehead atoms. The second-order valence-corrected chi connectivity index (χ2v) is 7.69. The molecular formula is C17H29N3O. The van der Waals surface area contributed by atoms with E-state index in [1.165, 1.54) is 0 Å². The van der Waals surface area contributed by atoms with Gasteiger partial charge in [-0.15, -0.1) is 0 Å². The topological polar surface area (TPSA) is 58.0 Å². The molecule has 0 radical (unpaired) electrons. The highest BCUT2D eigenvalue weighted by molar-refractivity contribution is 5.39. The first-order valence-corrected chi connectivity index (χ1v) is 8.05. The summed E-state index contributed by atoms with van der Waals surface area (Å²) in [5, 5.41) is 13.8. The van der Waals surface area contributed by atoms with Crippen LogP contribution in [0.25, 0.3) is 0 Å². The summed E-state index contributed by atoms with van der Waals surface area (Å²) < 4.78 is 0. The molecule has 1 aromatic rings. The molecule has 1 fully saturated rings. The Morgan fingerprint density at radius 2 is 1.86 bits per heavy atom. The number of rotatable bonds is 4. The van der Waals surface area contributed by atoms with E-state index in [1.807, 2.05) is 6.07 Å². The van der Waals surface area contributed by atoms with Crippen molar-refractivity contribution in [2.75, 3.05) is 11.9 Å². The largest absolute Gasteiger partial charge is 0.388 e. The van der Waals surface area contributed by atoms with Gasteiger partial charge in [-0.05, 0) is 12.8 Å². The Labute approximate surface area is 128 Å². The predicted octanol–water partition coefficient (Wildman–Crippen LogP) is 3.61. The Morgan fingerprint density at radius 3 is 2.38 bits per heavy atom. The van der Waals surface area contributed by atoms with Crippen molar-refractivity contribution in [3.05, 3.63) is 17.6 Å². The van der Waals surface area contributed by atoms with Crippen LogP contribution in [0.3, 0.4) is 0 Å². The molecule has 1 heterocycles. The lowest BCUT2D eigenvalue weighted by Gasteiger charge is -2.24. The molecule has 2 rings (SSSR count). The molecule has 21 heavy (non-hydrogen) atoms. The molecule has 1 aliphatic carbocycles. The van der Waals surface area contributed by atoms with E-state index in [1.54, 1.807) is 0 Å². The van der Waals surface area contributed by atoms with Crippen molar-refractivity contribution in [1.29, 1.82) is 0 Å². The van der Waals surface area contributed by atoms with Crippen molar-refractivity contribution in [2.24, 2.45) is 0 Å². The maximum atomic E-state index is 10.5. The molecule has 1 saturated carbocycles. The van der Waals surface area contributed by atoms with Gasteiger partial charge in [-0.3, -0.25) is 0 Å². The highest BCUT2D eigenvalue weighted by Gasteiger charge is 2.31. The maximum absolute atomic E-state index is 10.5. The summed E-state index contributed by atoms with van der Waals surface area (Å²) in [6, 6.07) is 2.02. The van der Waals surface area contributed by atoms with E-state index in [9.17, 15) is 5.11 Å². The fourth-order valence-electron chi connectivity index (χ4n) is 2.66. The van der Waals surface area contributed by atoms with Gasteiger partial charge < -0.3 is 10.4 Å². The smallest absolute Gasteiger partial charge is 0.133 e. The van der Waals surface area contributed by atoms with Crippen LogP contribution in [0.5, 0.6) is 0 Å². The fraction of sp³-hybridized carbons (Fsp3) is 0.765. The predicted molar refractivity (Wildman–Crippen MR) is 86.7 cm³/mol. The Kier molecular flexibility index (Phi) is 4.57. The van der Waals surface area contributed by atoms with Gasteiger partial charge in [-0.1, -0.05) is 47.5 Å². The fourth-order valence-corrected chi connectivity index (χ4v) is 2.66. The molecule has 0 saturated heterocycles. The minimum atomic E-state index is -0.565. The number of nitrogens with zero attached hydrogens (tertiary/aromatic N) is 2. The maximum Gasteiger partial charge on any atom is 0.133 e. The monoisotopic (exact) mass is 291 g/mol. The first-order chi connectivity index (χ1) is 9.70. The molecule has 0 aliphatic heterocycles. The number of aromatic nitrogens is 2. The highest BCUT2D eigenvalue weighted by Crippen LogP contribution is 2.30. The minimum Gasteiger partial charge on any atom is -0.388 e. The van der Waals surface area contributed by atoms with Crippen LogP contribution in [0.2, 0.25) is 0 Å². The summed E-state index contributed by atoms with van der Waals surface area (Å²) in [6.07, 6.45) is 4.00. The normalized spacial score (nSPS) is 18.2. The number of anilines is 1. The van der Waals surface area contributed by atoms with E-state index in [4.69, 9.17) is 0 Å². The average molecular weight is 291 g/mol. The second kappa shape index (κ2) is 5.91. The Bertz CT molecular complexity index is 485. The molecular weight excluding hydrogens is 262 g/mol. The van der Waals surface area contributed by atoms with Gasteiger partial charge in [0.1, 0.15) is 11.6 Å². The van der Waals surface area contributed by atoms with Gasteiger partial charge >= 0.3 is 0 Å². The van der Waals surface area contributed by atoms with Crippen LogP contribution in [0.15, 0.2) is 6.07 Å². The summed E-state index contributed by atoms with van der Waals surface area (Å²) in [4.78, 5) is 9.29. The van der Waals surface area contributed by atoms with E-state index in [0.717, 1.165) is 43.0 Å². The third-order valence-corrected chi connectivity index (χ3v) is 4.16. The SMILES string of the molecule is CC(C)c1nc(NCC2(O)CCCC2)cc(C(C)(C)C)n1. The van der Waals surface area contributed by atoms with E-state index in [-0.39, 0.29) is 5.41 Å². The van der Waals surface area contributed by atoms with Crippen LogP contribution in [0.1, 0.15) is 77.7 Å². The molecule has 118 valence electrons. The van der Waals surface area contributed by atoms with E-state index >= 15 is 0 Å². The average Bonchev–Trinajstić information content (AvgIpc) is 2.82. The molecule has 0 aromatic carbocycles. The molecule has 1 aromatic heterocycles. The van der Waals surface area contributed by atoms with Crippen molar-refractivity contribution in [1.82, 2.24) is 9.97 Å². The van der Waals surface area contributed by atoms with Crippen LogP contribution in [-0.4, -0.2) is 27.2 Å². The third-order valence-electron chi connectivity index (χ3n) is 4.16. The van der Waals surface area contributed by atoms with Crippen molar-refractivity contribution in [3.8, 4) is 0 Å². The van der Waals surface area contributed by atoms with Crippen molar-refractivity contribution in [3.63, 3.8) is 0 Å². The second-order valence-electron chi connectivity index (χ2n) is 7.69. The van der Waals surface area contributed by atoms with Gasteiger partial charge in [-0.25, -0.2) is 9.97 Å². The summed E-state index contributed by atoms with van der Waals surface area (Å²) in [6.45, 7) is 11.3. The lowest BCUT2D eigenvalue weighted by Crippen LogP contribution is -2.34. The van der Waals surface area contributed by atoms with Crippen LogP contribution >= 0.6 is 0 Å². The first kappa shape index (κ1) is 16.2. The van der Waals surface area contributed by atoms with Crippen LogP contribution in [0, 0.1) is 0 Å². The van der Waals surface area contributed by atoms with Crippen molar-refractivity contribution in [2.45, 2.75) is 77.2 Å². The molecule has 2 N–H and O–H groups in total. The molecule has 0 atom stereocenters. The van der Waals surface area contributed by atoms with Gasteiger partial charge in [0.2, 0.25) is 0 Å². The van der Waals surface area contributed by atoms with E-state index in [0.29, 0.717) is 12.5 Å². The lowest BCUT2D eigenvalue weighted by molar-refractivity contribution is 0.0614. The summed E-state index contributed by atoms with van der Waals surface area (Å²) in [5.74, 6) is 1.99. The van der Waals surface area contributed by atoms with Gasteiger partial charge in [-0.2, -0.15) is 0 Å². The van der Waals surface area contributed by atoms with Crippen LogP contribution in [-0.2, 0) is 5.41 Å². The quantitative estimate of drug-likeness (QED) is 0.889. The van der Waals surface area contributed by atoms with Gasteiger partial charge in [0.15, 0.2) is 0 Å². The Balaban J connectivity index is 2.19. The summed E-state index contributed by atoms with van der Waals surface area (Å²) in [5.41, 5.74) is 0.472. The van der Waals surface area contributed by atoms with Gasteiger partial charge in [0, 0.05) is 23.9 Å². The number of nitrogens with one attached hydrogen (secondary N) is 1. The molecule has 0 spiro atoms. The van der Waals surface area contributed by atoms with Gasteiger partial charge in [0.05, 0.1) is 11.3 Å². The first-order valence-electron chi connectivity index (χ1n) is 8.05. The standard InChI is InChI=1S/C17H29N3O/c1-12(2)15-19-13(16(3,4)5)10-14(20-15)18-11-17(21)8-6-7-9-17/h10,12,21H,6-9,11H2,1-5H3,(H,18,19,20). The molecule has 1 aliphatic rings. The Hall–Kier alpha value is -1.16. The zero-order valence-electron chi connectivity index (χ0n) is 14.0. The van der Waals surface area contributed by atoms with Crippen molar-refractivity contribution >= 4 is 5.82 Å².